The first kappa shape index (κ1) is 13.1. The molecular formula is C17H28N2O. The maximum absolute atomic E-state index is 12.8. The van der Waals surface area contributed by atoms with Gasteiger partial charge in [0.1, 0.15) is 0 Å². The van der Waals surface area contributed by atoms with Crippen molar-refractivity contribution >= 4 is 5.91 Å². The highest BCUT2D eigenvalue weighted by atomic mass is 16.2. The minimum atomic E-state index is 0.215. The van der Waals surface area contributed by atoms with E-state index in [1.165, 1.54) is 32.1 Å². The predicted molar refractivity (Wildman–Crippen MR) is 78.9 cm³/mol. The van der Waals surface area contributed by atoms with Crippen LogP contribution in [0, 0.1) is 29.6 Å². The minimum absolute atomic E-state index is 0.215. The van der Waals surface area contributed by atoms with Gasteiger partial charge >= 0.3 is 0 Å². The zero-order valence-corrected chi connectivity index (χ0v) is 12.6. The Hall–Kier alpha value is -0.570. The van der Waals surface area contributed by atoms with Gasteiger partial charge in [0.2, 0.25) is 5.91 Å². The Balaban J connectivity index is 1.48. The molecule has 3 heteroatoms. The third-order valence-electron chi connectivity index (χ3n) is 6.79. The van der Waals surface area contributed by atoms with E-state index in [1.807, 2.05) is 0 Å². The van der Waals surface area contributed by atoms with Crippen molar-refractivity contribution in [3.63, 3.8) is 0 Å². The molecule has 5 aliphatic rings. The van der Waals surface area contributed by atoms with E-state index in [2.05, 4.69) is 11.9 Å². The molecule has 20 heavy (non-hydrogen) atoms. The van der Waals surface area contributed by atoms with E-state index in [-0.39, 0.29) is 12.0 Å². The Morgan fingerprint density at radius 3 is 2.05 bits per heavy atom. The van der Waals surface area contributed by atoms with Gasteiger partial charge in [-0.2, -0.15) is 0 Å². The molecule has 5 fully saturated rings. The van der Waals surface area contributed by atoms with Crippen LogP contribution in [0.5, 0.6) is 0 Å². The molecule has 0 saturated heterocycles. The van der Waals surface area contributed by atoms with Crippen molar-refractivity contribution in [1.29, 1.82) is 0 Å². The second kappa shape index (κ2) is 4.72. The fourth-order valence-corrected chi connectivity index (χ4v) is 6.20. The van der Waals surface area contributed by atoms with E-state index in [1.54, 1.807) is 0 Å². The van der Waals surface area contributed by atoms with Crippen molar-refractivity contribution in [3.8, 4) is 0 Å². The highest BCUT2D eigenvalue weighted by Gasteiger charge is 2.50. The number of carbonyl (C=O) groups excluding carboxylic acids is 1. The summed E-state index contributed by atoms with van der Waals surface area (Å²) in [4.78, 5) is 14.9. The third-order valence-corrected chi connectivity index (χ3v) is 6.79. The quantitative estimate of drug-likeness (QED) is 0.842. The zero-order valence-electron chi connectivity index (χ0n) is 12.6. The first-order valence-electron chi connectivity index (χ1n) is 8.64. The van der Waals surface area contributed by atoms with E-state index < -0.39 is 0 Å². The van der Waals surface area contributed by atoms with Crippen LogP contribution in [0.4, 0.5) is 0 Å². The molecule has 112 valence electrons. The number of nitrogens with two attached hydrogens (primary N) is 1. The summed E-state index contributed by atoms with van der Waals surface area (Å²) in [6.45, 7) is 0. The number of amides is 1. The van der Waals surface area contributed by atoms with Crippen molar-refractivity contribution in [3.05, 3.63) is 0 Å². The average Bonchev–Trinajstić information content (AvgIpc) is 2.83. The van der Waals surface area contributed by atoms with Crippen molar-refractivity contribution < 1.29 is 4.79 Å². The highest BCUT2D eigenvalue weighted by Crippen LogP contribution is 2.55. The molecule has 4 bridgehead atoms. The maximum Gasteiger partial charge on any atom is 0.225 e. The fourth-order valence-electron chi connectivity index (χ4n) is 6.20. The average molecular weight is 276 g/mol. The van der Waals surface area contributed by atoms with Gasteiger partial charge in [-0.1, -0.05) is 0 Å². The Morgan fingerprint density at radius 1 is 0.950 bits per heavy atom. The van der Waals surface area contributed by atoms with Crippen molar-refractivity contribution in [1.82, 2.24) is 4.90 Å². The molecule has 0 aromatic rings. The lowest BCUT2D eigenvalue weighted by molar-refractivity contribution is -0.145. The van der Waals surface area contributed by atoms with Gasteiger partial charge in [0.25, 0.3) is 0 Å². The van der Waals surface area contributed by atoms with Crippen LogP contribution in [0.1, 0.15) is 51.4 Å². The molecule has 0 aromatic carbocycles. The van der Waals surface area contributed by atoms with E-state index in [0.717, 1.165) is 42.9 Å². The summed E-state index contributed by atoms with van der Waals surface area (Å²) in [5, 5.41) is 0. The summed E-state index contributed by atoms with van der Waals surface area (Å²) < 4.78 is 0. The third kappa shape index (κ3) is 2.01. The molecule has 5 aliphatic carbocycles. The molecular weight excluding hydrogens is 248 g/mol. The first-order chi connectivity index (χ1) is 9.61. The number of carbonyl (C=O) groups is 1. The van der Waals surface area contributed by atoms with E-state index >= 15 is 0 Å². The van der Waals surface area contributed by atoms with Crippen LogP contribution in [0.2, 0.25) is 0 Å². The number of hydrogen-bond acceptors (Lipinski definition) is 2. The zero-order chi connectivity index (χ0) is 13.9. The van der Waals surface area contributed by atoms with Crippen LogP contribution in [0.3, 0.4) is 0 Å². The Kier molecular flexibility index (Phi) is 3.10. The Labute approximate surface area is 122 Å². The second-order valence-corrected chi connectivity index (χ2v) is 8.14. The molecule has 0 aromatic heterocycles. The van der Waals surface area contributed by atoms with Crippen LogP contribution >= 0.6 is 0 Å². The van der Waals surface area contributed by atoms with Gasteiger partial charge in [-0.25, -0.2) is 0 Å². The number of hydrogen-bond donors (Lipinski definition) is 1. The summed E-state index contributed by atoms with van der Waals surface area (Å²) in [7, 11) is 2.08. The Morgan fingerprint density at radius 2 is 1.55 bits per heavy atom. The Bertz CT molecular complexity index is 380. The molecule has 1 amide bonds. The first-order valence-corrected chi connectivity index (χ1v) is 8.64. The monoisotopic (exact) mass is 276 g/mol. The molecule has 0 radical (unpaired) electrons. The van der Waals surface area contributed by atoms with Gasteiger partial charge in [-0.05, 0) is 75.0 Å². The van der Waals surface area contributed by atoms with Gasteiger partial charge in [0.15, 0.2) is 0 Å². The summed E-state index contributed by atoms with van der Waals surface area (Å²) in [6.07, 6.45) is 9.99. The van der Waals surface area contributed by atoms with Gasteiger partial charge in [-0.15, -0.1) is 0 Å². The van der Waals surface area contributed by atoms with Gasteiger partial charge in [0, 0.05) is 25.0 Å². The molecule has 2 unspecified atom stereocenters. The number of rotatable bonds is 2. The lowest BCUT2D eigenvalue weighted by atomic mass is 9.54. The molecule has 5 rings (SSSR count). The summed E-state index contributed by atoms with van der Waals surface area (Å²) in [5.74, 6) is 4.18. The van der Waals surface area contributed by atoms with Crippen molar-refractivity contribution in [2.75, 3.05) is 7.05 Å². The SMILES string of the molecule is CN(C(=O)C1CCC(N)C1)C1C2CC3CC(C2)CC1C3. The summed E-state index contributed by atoms with van der Waals surface area (Å²) in [5.41, 5.74) is 5.99. The van der Waals surface area contributed by atoms with Gasteiger partial charge in [0.05, 0.1) is 0 Å². The molecule has 5 saturated carbocycles. The molecule has 0 spiro atoms. The van der Waals surface area contributed by atoms with Gasteiger partial charge < -0.3 is 10.6 Å². The minimum Gasteiger partial charge on any atom is -0.342 e. The van der Waals surface area contributed by atoms with Crippen molar-refractivity contribution in [2.45, 2.75) is 63.5 Å². The lowest BCUT2D eigenvalue weighted by Crippen LogP contribution is -2.57. The second-order valence-electron chi connectivity index (χ2n) is 8.14. The molecule has 0 heterocycles. The largest absolute Gasteiger partial charge is 0.342 e. The van der Waals surface area contributed by atoms with Crippen molar-refractivity contribution in [2.24, 2.45) is 35.3 Å². The predicted octanol–water partition coefficient (Wildman–Crippen LogP) is 2.40. The van der Waals surface area contributed by atoms with Crippen LogP contribution in [-0.4, -0.2) is 29.9 Å². The molecule has 0 aliphatic heterocycles. The van der Waals surface area contributed by atoms with Crippen LogP contribution in [-0.2, 0) is 4.79 Å². The van der Waals surface area contributed by atoms with Gasteiger partial charge in [-0.3, -0.25) is 4.79 Å². The fraction of sp³-hybridized carbons (Fsp3) is 0.941. The maximum atomic E-state index is 12.8. The molecule has 2 atom stereocenters. The van der Waals surface area contributed by atoms with E-state index in [9.17, 15) is 4.79 Å². The standard InChI is InChI=1S/C17H28N2O/c1-19(17(20)12-2-3-15(18)9-12)16-13-5-10-4-11(7-13)8-14(16)6-10/h10-16H,2-9,18H2,1H3. The number of nitrogens with zero attached hydrogens (tertiary/aromatic N) is 1. The smallest absolute Gasteiger partial charge is 0.225 e. The van der Waals surface area contributed by atoms with Crippen LogP contribution < -0.4 is 5.73 Å². The van der Waals surface area contributed by atoms with Crippen LogP contribution in [0.15, 0.2) is 0 Å². The lowest BCUT2D eigenvalue weighted by Gasteiger charge is -2.56. The summed E-state index contributed by atoms with van der Waals surface area (Å²) >= 11 is 0. The normalized spacial score (nSPS) is 49.6. The topological polar surface area (TPSA) is 46.3 Å². The summed E-state index contributed by atoms with van der Waals surface area (Å²) in [6, 6.07) is 0.808. The van der Waals surface area contributed by atoms with E-state index in [0.29, 0.717) is 11.9 Å². The van der Waals surface area contributed by atoms with Crippen LogP contribution in [0.25, 0.3) is 0 Å². The van der Waals surface area contributed by atoms with E-state index in [4.69, 9.17) is 5.73 Å². The highest BCUT2D eigenvalue weighted by molar-refractivity contribution is 5.79. The molecule has 2 N–H and O–H groups in total. The molecule has 3 nitrogen and oxygen atoms in total.